The molecular formula is C18H26N4O2S. The number of hydrogen-bond acceptors (Lipinski definition) is 5. The standard InChI is InChI=1S/C18H26N4O2S/c23-17(21-10-12-24-13-11-21)15-20-6-4-19(5-7-20)8-9-22-3-1-16-2-14-25-18(16)22/h1-3,14H,4-13,15H2. The molecule has 0 spiro atoms. The molecule has 6 nitrogen and oxygen atoms in total. The topological polar surface area (TPSA) is 41.0 Å². The Hall–Kier alpha value is -1.41. The summed E-state index contributed by atoms with van der Waals surface area (Å²) in [6.45, 7) is 9.57. The number of carbonyl (C=O) groups excluding carboxylic acids is 1. The van der Waals surface area contributed by atoms with Crippen molar-refractivity contribution in [3.63, 3.8) is 0 Å². The molecule has 4 heterocycles. The maximum Gasteiger partial charge on any atom is 0.236 e. The summed E-state index contributed by atoms with van der Waals surface area (Å²) >= 11 is 1.81. The molecule has 0 aromatic carbocycles. The van der Waals surface area contributed by atoms with Gasteiger partial charge in [-0.05, 0) is 17.5 Å². The van der Waals surface area contributed by atoms with Crippen molar-refractivity contribution in [3.8, 4) is 0 Å². The van der Waals surface area contributed by atoms with Crippen LogP contribution in [0.4, 0.5) is 0 Å². The first kappa shape index (κ1) is 17.0. The molecule has 2 fully saturated rings. The van der Waals surface area contributed by atoms with Gasteiger partial charge < -0.3 is 14.2 Å². The second-order valence-electron chi connectivity index (χ2n) is 6.80. The SMILES string of the molecule is O=C(CN1CCN(CCn2ccc3ccsc32)CC1)N1CCOCC1. The van der Waals surface area contributed by atoms with Crippen molar-refractivity contribution in [2.75, 3.05) is 65.6 Å². The van der Waals surface area contributed by atoms with Crippen LogP contribution in [0.5, 0.6) is 0 Å². The molecular weight excluding hydrogens is 336 g/mol. The fourth-order valence-electron chi connectivity index (χ4n) is 3.61. The van der Waals surface area contributed by atoms with Crippen LogP contribution >= 0.6 is 11.3 Å². The average Bonchev–Trinajstić information content (AvgIpc) is 3.26. The Morgan fingerprint density at radius 2 is 1.76 bits per heavy atom. The van der Waals surface area contributed by atoms with Crippen LogP contribution in [0.25, 0.3) is 10.2 Å². The van der Waals surface area contributed by atoms with Crippen molar-refractivity contribution in [1.82, 2.24) is 19.3 Å². The molecule has 1 amide bonds. The van der Waals surface area contributed by atoms with Crippen LogP contribution in [0.15, 0.2) is 23.7 Å². The average molecular weight is 362 g/mol. The number of rotatable bonds is 5. The van der Waals surface area contributed by atoms with Gasteiger partial charge in [-0.25, -0.2) is 0 Å². The molecule has 0 aliphatic carbocycles. The number of aromatic nitrogens is 1. The van der Waals surface area contributed by atoms with Crippen LogP contribution in [0, 0.1) is 0 Å². The number of fused-ring (bicyclic) bond motifs is 1. The molecule has 0 N–H and O–H groups in total. The number of hydrogen-bond donors (Lipinski definition) is 0. The second kappa shape index (κ2) is 7.86. The Bertz CT molecular complexity index is 699. The summed E-state index contributed by atoms with van der Waals surface area (Å²) < 4.78 is 7.67. The Morgan fingerprint density at radius 1 is 1.00 bits per heavy atom. The number of morpholine rings is 1. The largest absolute Gasteiger partial charge is 0.378 e. The van der Waals surface area contributed by atoms with Crippen molar-refractivity contribution in [1.29, 1.82) is 0 Å². The predicted octanol–water partition coefficient (Wildman–Crippen LogP) is 1.18. The highest BCUT2D eigenvalue weighted by Crippen LogP contribution is 2.21. The molecule has 136 valence electrons. The highest BCUT2D eigenvalue weighted by molar-refractivity contribution is 7.16. The van der Waals surface area contributed by atoms with E-state index < -0.39 is 0 Å². The molecule has 2 aliphatic rings. The Labute approximate surface area is 152 Å². The van der Waals surface area contributed by atoms with E-state index in [0.717, 1.165) is 52.4 Å². The zero-order chi connectivity index (χ0) is 17.1. The van der Waals surface area contributed by atoms with Gasteiger partial charge in [0.2, 0.25) is 5.91 Å². The lowest BCUT2D eigenvalue weighted by atomic mass is 10.3. The highest BCUT2D eigenvalue weighted by Gasteiger charge is 2.22. The first-order valence-electron chi connectivity index (χ1n) is 9.12. The summed E-state index contributed by atoms with van der Waals surface area (Å²) in [4.78, 5) is 20.5. The second-order valence-corrected chi connectivity index (χ2v) is 7.70. The normalized spacial score (nSPS) is 20.4. The minimum absolute atomic E-state index is 0.254. The Balaban J connectivity index is 1.20. The molecule has 2 aromatic rings. The third kappa shape index (κ3) is 4.06. The summed E-state index contributed by atoms with van der Waals surface area (Å²) in [5, 5.41) is 3.50. The first-order chi connectivity index (χ1) is 12.3. The maximum absolute atomic E-state index is 12.3. The van der Waals surface area contributed by atoms with Crippen molar-refractivity contribution >= 4 is 27.5 Å². The van der Waals surface area contributed by atoms with Gasteiger partial charge in [-0.2, -0.15) is 0 Å². The highest BCUT2D eigenvalue weighted by atomic mass is 32.1. The zero-order valence-corrected chi connectivity index (χ0v) is 15.4. The molecule has 0 radical (unpaired) electrons. The van der Waals surface area contributed by atoms with Crippen LogP contribution < -0.4 is 0 Å². The molecule has 0 unspecified atom stereocenters. The van der Waals surface area contributed by atoms with Crippen LogP contribution in [0.1, 0.15) is 0 Å². The number of thiophene rings is 1. The summed E-state index contributed by atoms with van der Waals surface area (Å²) in [6, 6.07) is 4.38. The third-order valence-corrected chi connectivity index (χ3v) is 6.18. The Morgan fingerprint density at radius 3 is 2.56 bits per heavy atom. The van der Waals surface area contributed by atoms with E-state index in [4.69, 9.17) is 4.74 Å². The number of amides is 1. The lowest BCUT2D eigenvalue weighted by Gasteiger charge is -2.36. The van der Waals surface area contributed by atoms with Crippen LogP contribution in [0.3, 0.4) is 0 Å². The number of piperazine rings is 1. The molecule has 2 saturated heterocycles. The molecule has 25 heavy (non-hydrogen) atoms. The fourth-order valence-corrected chi connectivity index (χ4v) is 4.51. The summed E-state index contributed by atoms with van der Waals surface area (Å²) in [5.74, 6) is 0.254. The van der Waals surface area contributed by atoms with Gasteiger partial charge in [0.25, 0.3) is 0 Å². The van der Waals surface area contributed by atoms with E-state index in [1.807, 2.05) is 16.2 Å². The van der Waals surface area contributed by atoms with Gasteiger partial charge in [0, 0.05) is 63.9 Å². The lowest BCUT2D eigenvalue weighted by Crippen LogP contribution is -2.51. The van der Waals surface area contributed by atoms with E-state index in [2.05, 4.69) is 38.1 Å². The van der Waals surface area contributed by atoms with Gasteiger partial charge >= 0.3 is 0 Å². The molecule has 4 rings (SSSR count). The predicted molar refractivity (Wildman–Crippen MR) is 100 cm³/mol. The fraction of sp³-hybridized carbons (Fsp3) is 0.611. The van der Waals surface area contributed by atoms with E-state index in [9.17, 15) is 4.79 Å². The number of carbonyl (C=O) groups is 1. The third-order valence-electron chi connectivity index (χ3n) is 5.21. The summed E-state index contributed by atoms with van der Waals surface area (Å²) in [6.07, 6.45) is 2.19. The molecule has 2 aliphatic heterocycles. The minimum Gasteiger partial charge on any atom is -0.378 e. The summed E-state index contributed by atoms with van der Waals surface area (Å²) in [7, 11) is 0. The molecule has 0 bridgehead atoms. The van der Waals surface area contributed by atoms with Gasteiger partial charge in [0.15, 0.2) is 0 Å². The van der Waals surface area contributed by atoms with Crippen LogP contribution in [-0.4, -0.2) is 90.7 Å². The zero-order valence-electron chi connectivity index (χ0n) is 14.6. The van der Waals surface area contributed by atoms with Crippen molar-refractivity contribution in [3.05, 3.63) is 23.7 Å². The van der Waals surface area contributed by atoms with Crippen LogP contribution in [0.2, 0.25) is 0 Å². The minimum atomic E-state index is 0.254. The Kier molecular flexibility index (Phi) is 5.36. The lowest BCUT2D eigenvalue weighted by molar-refractivity contribution is -0.136. The monoisotopic (exact) mass is 362 g/mol. The van der Waals surface area contributed by atoms with Crippen molar-refractivity contribution in [2.24, 2.45) is 0 Å². The van der Waals surface area contributed by atoms with Gasteiger partial charge in [-0.3, -0.25) is 14.6 Å². The first-order valence-corrected chi connectivity index (χ1v) is 10.00. The van der Waals surface area contributed by atoms with Gasteiger partial charge in [0.1, 0.15) is 4.83 Å². The van der Waals surface area contributed by atoms with E-state index >= 15 is 0 Å². The molecule has 0 saturated carbocycles. The number of ether oxygens (including phenoxy) is 1. The number of nitrogens with zero attached hydrogens (tertiary/aromatic N) is 4. The van der Waals surface area contributed by atoms with Gasteiger partial charge in [-0.1, -0.05) is 0 Å². The van der Waals surface area contributed by atoms with E-state index in [0.29, 0.717) is 19.8 Å². The van der Waals surface area contributed by atoms with Crippen molar-refractivity contribution < 1.29 is 9.53 Å². The van der Waals surface area contributed by atoms with E-state index in [-0.39, 0.29) is 5.91 Å². The van der Waals surface area contributed by atoms with Crippen molar-refractivity contribution in [2.45, 2.75) is 6.54 Å². The van der Waals surface area contributed by atoms with E-state index in [1.165, 1.54) is 10.2 Å². The smallest absolute Gasteiger partial charge is 0.236 e. The van der Waals surface area contributed by atoms with Crippen LogP contribution in [-0.2, 0) is 16.1 Å². The maximum atomic E-state index is 12.3. The van der Waals surface area contributed by atoms with E-state index in [1.54, 1.807) is 0 Å². The molecule has 0 atom stereocenters. The van der Waals surface area contributed by atoms with Gasteiger partial charge in [0.05, 0.1) is 19.8 Å². The summed E-state index contributed by atoms with van der Waals surface area (Å²) in [5.41, 5.74) is 0. The molecule has 2 aromatic heterocycles. The molecule has 7 heteroatoms. The quantitative estimate of drug-likeness (QED) is 0.801. The van der Waals surface area contributed by atoms with Gasteiger partial charge in [-0.15, -0.1) is 11.3 Å².